The third kappa shape index (κ3) is 2.31. The summed E-state index contributed by atoms with van der Waals surface area (Å²) >= 11 is 0. The SMILES string of the molecule is Cn1ccc(CNc2ccc(F)cc2N)n1. The number of anilines is 2. The molecule has 16 heavy (non-hydrogen) atoms. The maximum atomic E-state index is 12.8. The lowest BCUT2D eigenvalue weighted by molar-refractivity contribution is 0.628. The lowest BCUT2D eigenvalue weighted by Gasteiger charge is -2.07. The summed E-state index contributed by atoms with van der Waals surface area (Å²) in [7, 11) is 1.86. The Balaban J connectivity index is 2.04. The van der Waals surface area contributed by atoms with Gasteiger partial charge in [0.2, 0.25) is 0 Å². The van der Waals surface area contributed by atoms with Gasteiger partial charge in [-0.25, -0.2) is 4.39 Å². The molecule has 0 saturated carbocycles. The fourth-order valence-electron chi connectivity index (χ4n) is 1.44. The Labute approximate surface area is 92.9 Å². The Bertz CT molecular complexity index is 492. The van der Waals surface area contributed by atoms with Gasteiger partial charge in [-0.3, -0.25) is 4.68 Å². The highest BCUT2D eigenvalue weighted by Gasteiger charge is 2.01. The van der Waals surface area contributed by atoms with Crippen molar-refractivity contribution in [3.63, 3.8) is 0 Å². The molecule has 0 spiro atoms. The van der Waals surface area contributed by atoms with Crippen LogP contribution in [0.3, 0.4) is 0 Å². The second kappa shape index (κ2) is 4.22. The molecule has 1 aromatic carbocycles. The molecule has 1 heterocycles. The normalized spacial score (nSPS) is 10.4. The van der Waals surface area contributed by atoms with Crippen LogP contribution >= 0.6 is 0 Å². The maximum Gasteiger partial charge on any atom is 0.125 e. The molecule has 4 nitrogen and oxygen atoms in total. The Hall–Kier alpha value is -2.04. The van der Waals surface area contributed by atoms with Gasteiger partial charge in [0.05, 0.1) is 23.6 Å². The zero-order chi connectivity index (χ0) is 11.5. The summed E-state index contributed by atoms with van der Waals surface area (Å²) < 4.78 is 14.5. The Kier molecular flexibility index (Phi) is 2.76. The van der Waals surface area contributed by atoms with E-state index in [4.69, 9.17) is 5.73 Å². The van der Waals surface area contributed by atoms with Crippen LogP contribution in [0.15, 0.2) is 30.5 Å². The second-order valence-electron chi connectivity index (χ2n) is 3.57. The number of halogens is 1. The van der Waals surface area contributed by atoms with Gasteiger partial charge in [0.25, 0.3) is 0 Å². The smallest absolute Gasteiger partial charge is 0.125 e. The average Bonchev–Trinajstić information content (AvgIpc) is 2.63. The van der Waals surface area contributed by atoms with Crippen LogP contribution in [0.25, 0.3) is 0 Å². The lowest BCUT2D eigenvalue weighted by Crippen LogP contribution is -2.03. The first-order chi connectivity index (χ1) is 7.65. The number of aromatic nitrogens is 2. The lowest BCUT2D eigenvalue weighted by atomic mass is 10.2. The van der Waals surface area contributed by atoms with Crippen molar-refractivity contribution >= 4 is 11.4 Å². The Morgan fingerprint density at radius 1 is 1.44 bits per heavy atom. The number of nitrogens with zero attached hydrogens (tertiary/aromatic N) is 2. The van der Waals surface area contributed by atoms with Crippen LogP contribution < -0.4 is 11.1 Å². The molecule has 1 aromatic heterocycles. The maximum absolute atomic E-state index is 12.8. The molecular weight excluding hydrogens is 207 g/mol. The number of benzene rings is 1. The van der Waals surface area contributed by atoms with Crippen LogP contribution in [-0.4, -0.2) is 9.78 Å². The molecule has 0 aliphatic rings. The van der Waals surface area contributed by atoms with E-state index >= 15 is 0 Å². The van der Waals surface area contributed by atoms with Gasteiger partial charge < -0.3 is 11.1 Å². The van der Waals surface area contributed by atoms with E-state index in [0.29, 0.717) is 17.9 Å². The summed E-state index contributed by atoms with van der Waals surface area (Å²) in [4.78, 5) is 0. The van der Waals surface area contributed by atoms with Crippen molar-refractivity contribution in [2.45, 2.75) is 6.54 Å². The summed E-state index contributed by atoms with van der Waals surface area (Å²) in [5, 5.41) is 7.31. The molecule has 0 bridgehead atoms. The molecule has 0 aliphatic heterocycles. The molecule has 0 unspecified atom stereocenters. The Morgan fingerprint density at radius 2 is 2.25 bits per heavy atom. The van der Waals surface area contributed by atoms with Gasteiger partial charge in [-0.2, -0.15) is 5.10 Å². The van der Waals surface area contributed by atoms with Gasteiger partial charge in [0, 0.05) is 13.2 Å². The van der Waals surface area contributed by atoms with Crippen LogP contribution in [0.5, 0.6) is 0 Å². The summed E-state index contributed by atoms with van der Waals surface area (Å²) in [5.41, 5.74) is 7.69. The molecule has 0 radical (unpaired) electrons. The minimum absolute atomic E-state index is 0.333. The second-order valence-corrected chi connectivity index (χ2v) is 3.57. The third-order valence-corrected chi connectivity index (χ3v) is 2.24. The van der Waals surface area contributed by atoms with Gasteiger partial charge in [-0.15, -0.1) is 0 Å². The Morgan fingerprint density at radius 3 is 2.88 bits per heavy atom. The summed E-state index contributed by atoms with van der Waals surface area (Å²) in [6.07, 6.45) is 1.87. The fourth-order valence-corrected chi connectivity index (χ4v) is 1.44. The average molecular weight is 220 g/mol. The molecule has 0 aliphatic carbocycles. The largest absolute Gasteiger partial charge is 0.397 e. The van der Waals surface area contributed by atoms with E-state index < -0.39 is 0 Å². The van der Waals surface area contributed by atoms with Gasteiger partial charge in [0.15, 0.2) is 0 Å². The number of rotatable bonds is 3. The van der Waals surface area contributed by atoms with Gasteiger partial charge in [0.1, 0.15) is 5.82 Å². The van der Waals surface area contributed by atoms with E-state index in [1.165, 1.54) is 12.1 Å². The number of nitrogens with one attached hydrogen (secondary N) is 1. The molecule has 84 valence electrons. The van der Waals surface area contributed by atoms with Crippen molar-refractivity contribution in [3.8, 4) is 0 Å². The van der Waals surface area contributed by atoms with Crippen molar-refractivity contribution in [2.75, 3.05) is 11.1 Å². The van der Waals surface area contributed by atoms with Crippen molar-refractivity contribution in [3.05, 3.63) is 42.0 Å². The number of hydrogen-bond acceptors (Lipinski definition) is 3. The number of aryl methyl sites for hydroxylation is 1. The molecule has 2 aromatic rings. The van der Waals surface area contributed by atoms with E-state index in [0.717, 1.165) is 5.69 Å². The van der Waals surface area contributed by atoms with Crippen LogP contribution in [0.2, 0.25) is 0 Å². The van der Waals surface area contributed by atoms with Gasteiger partial charge in [-0.1, -0.05) is 0 Å². The van der Waals surface area contributed by atoms with E-state index in [9.17, 15) is 4.39 Å². The van der Waals surface area contributed by atoms with Crippen molar-refractivity contribution < 1.29 is 4.39 Å². The predicted octanol–water partition coefficient (Wildman–Crippen LogP) is 1.75. The van der Waals surface area contributed by atoms with Crippen LogP contribution in [0, 0.1) is 5.82 Å². The van der Waals surface area contributed by atoms with Crippen molar-refractivity contribution in [1.29, 1.82) is 0 Å². The van der Waals surface area contributed by atoms with Crippen LogP contribution in [0.1, 0.15) is 5.69 Å². The minimum Gasteiger partial charge on any atom is -0.397 e. The zero-order valence-electron chi connectivity index (χ0n) is 8.94. The molecule has 0 saturated heterocycles. The first kappa shape index (κ1) is 10.5. The molecule has 2 rings (SSSR count). The third-order valence-electron chi connectivity index (χ3n) is 2.24. The van der Waals surface area contributed by atoms with Crippen molar-refractivity contribution in [1.82, 2.24) is 9.78 Å². The molecule has 3 N–H and O–H groups in total. The summed E-state index contributed by atoms with van der Waals surface area (Å²) in [6.45, 7) is 0.566. The molecule has 0 amide bonds. The monoisotopic (exact) mass is 220 g/mol. The molecular formula is C11H13FN4. The molecule has 0 fully saturated rings. The fraction of sp³-hybridized carbons (Fsp3) is 0.182. The van der Waals surface area contributed by atoms with Gasteiger partial charge in [-0.05, 0) is 24.3 Å². The quantitative estimate of drug-likeness (QED) is 0.775. The summed E-state index contributed by atoms with van der Waals surface area (Å²) in [6, 6.07) is 6.19. The van der Waals surface area contributed by atoms with Gasteiger partial charge >= 0.3 is 0 Å². The van der Waals surface area contributed by atoms with Crippen LogP contribution in [0.4, 0.5) is 15.8 Å². The van der Waals surface area contributed by atoms with Crippen LogP contribution in [-0.2, 0) is 13.6 Å². The highest BCUT2D eigenvalue weighted by Crippen LogP contribution is 2.19. The van der Waals surface area contributed by atoms with E-state index in [1.807, 2.05) is 19.3 Å². The number of hydrogen-bond donors (Lipinski definition) is 2. The predicted molar refractivity (Wildman–Crippen MR) is 61.3 cm³/mol. The number of nitrogen functional groups attached to an aromatic ring is 1. The highest BCUT2D eigenvalue weighted by molar-refractivity contribution is 5.65. The molecule has 5 heteroatoms. The van der Waals surface area contributed by atoms with E-state index in [-0.39, 0.29) is 5.82 Å². The van der Waals surface area contributed by atoms with E-state index in [2.05, 4.69) is 10.4 Å². The minimum atomic E-state index is -0.333. The summed E-state index contributed by atoms with van der Waals surface area (Å²) in [5.74, 6) is -0.333. The first-order valence-corrected chi connectivity index (χ1v) is 4.92. The first-order valence-electron chi connectivity index (χ1n) is 4.92. The molecule has 0 atom stereocenters. The zero-order valence-corrected chi connectivity index (χ0v) is 8.94. The number of nitrogens with two attached hydrogens (primary N) is 1. The highest BCUT2D eigenvalue weighted by atomic mass is 19.1. The standard InChI is InChI=1S/C11H13FN4/c1-16-5-4-9(15-16)7-14-11-3-2-8(12)6-10(11)13/h2-6,14H,7,13H2,1H3. The topological polar surface area (TPSA) is 55.9 Å². The van der Waals surface area contributed by atoms with E-state index in [1.54, 1.807) is 10.7 Å². The van der Waals surface area contributed by atoms with Crippen molar-refractivity contribution in [2.24, 2.45) is 7.05 Å².